The third kappa shape index (κ3) is 2.57. The second-order valence-corrected chi connectivity index (χ2v) is 6.77. The van der Waals surface area contributed by atoms with E-state index in [0.717, 1.165) is 4.47 Å². The van der Waals surface area contributed by atoms with Crippen LogP contribution in [0.5, 0.6) is 0 Å². The van der Waals surface area contributed by atoms with Crippen molar-refractivity contribution in [2.75, 3.05) is 5.32 Å². The topological polar surface area (TPSA) is 64.0 Å². The van der Waals surface area contributed by atoms with Crippen molar-refractivity contribution in [2.45, 2.75) is 6.92 Å². The molecule has 22 heavy (non-hydrogen) atoms. The number of fused-ring (bicyclic) bond motifs is 1. The minimum absolute atomic E-state index is 0.138. The number of carbonyl (C=O) groups is 1. The van der Waals surface area contributed by atoms with Crippen LogP contribution < -0.4 is 10.9 Å². The maximum atomic E-state index is 12.4. The van der Waals surface area contributed by atoms with E-state index in [9.17, 15) is 9.59 Å². The molecule has 7 heteroatoms. The van der Waals surface area contributed by atoms with E-state index < -0.39 is 0 Å². The molecule has 2 aromatic heterocycles. The molecular weight excluding hydrogens is 366 g/mol. The Hall–Kier alpha value is -1.99. The summed E-state index contributed by atoms with van der Waals surface area (Å²) in [6.07, 6.45) is 1.47. The fourth-order valence-electron chi connectivity index (χ4n) is 2.15. The van der Waals surface area contributed by atoms with Crippen LogP contribution in [-0.4, -0.2) is 15.5 Å². The van der Waals surface area contributed by atoms with E-state index >= 15 is 0 Å². The Balaban J connectivity index is 2.01. The molecule has 0 unspecified atom stereocenters. The average molecular weight is 378 g/mol. The van der Waals surface area contributed by atoms with Gasteiger partial charge in [-0.05, 0) is 36.8 Å². The minimum atomic E-state index is -0.232. The summed E-state index contributed by atoms with van der Waals surface area (Å²) in [5, 5.41) is 3.35. The number of nitrogens with zero attached hydrogens (tertiary/aromatic N) is 2. The summed E-state index contributed by atoms with van der Waals surface area (Å²) in [7, 11) is 1.65. The molecule has 1 N–H and O–H groups in total. The molecule has 5 nitrogen and oxygen atoms in total. The summed E-state index contributed by atoms with van der Waals surface area (Å²) in [4.78, 5) is 29.9. The Morgan fingerprint density at radius 2 is 2.00 bits per heavy atom. The number of hydrogen-bond acceptors (Lipinski definition) is 4. The van der Waals surface area contributed by atoms with Crippen molar-refractivity contribution in [1.82, 2.24) is 9.55 Å². The van der Waals surface area contributed by atoms with Gasteiger partial charge in [-0.15, -0.1) is 11.3 Å². The second-order valence-electron chi connectivity index (χ2n) is 4.86. The van der Waals surface area contributed by atoms with Crippen LogP contribution in [0.25, 0.3) is 10.2 Å². The van der Waals surface area contributed by atoms with Crippen LogP contribution >= 0.6 is 27.3 Å². The van der Waals surface area contributed by atoms with Gasteiger partial charge < -0.3 is 9.88 Å². The van der Waals surface area contributed by atoms with Crippen LogP contribution in [0.2, 0.25) is 0 Å². The molecule has 3 aromatic rings. The van der Waals surface area contributed by atoms with Gasteiger partial charge in [0.25, 0.3) is 11.5 Å². The summed E-state index contributed by atoms with van der Waals surface area (Å²) < 4.78 is 2.36. The number of anilines is 1. The molecule has 0 aliphatic rings. The van der Waals surface area contributed by atoms with Crippen molar-refractivity contribution < 1.29 is 4.79 Å². The van der Waals surface area contributed by atoms with Crippen LogP contribution in [0.15, 0.2) is 39.9 Å². The molecule has 0 aliphatic heterocycles. The normalized spacial score (nSPS) is 10.9. The lowest BCUT2D eigenvalue weighted by Crippen LogP contribution is -2.17. The third-order valence-electron chi connectivity index (χ3n) is 3.32. The van der Waals surface area contributed by atoms with Gasteiger partial charge in [0.2, 0.25) is 0 Å². The lowest BCUT2D eigenvalue weighted by Gasteiger charge is -2.04. The number of aryl methyl sites for hydroxylation is 2. The smallest absolute Gasteiger partial charge is 0.266 e. The molecule has 0 bridgehead atoms. The Morgan fingerprint density at radius 1 is 1.32 bits per heavy atom. The molecule has 0 radical (unpaired) electrons. The number of carbonyl (C=O) groups excluding carboxylic acids is 1. The van der Waals surface area contributed by atoms with Crippen LogP contribution in [-0.2, 0) is 7.05 Å². The van der Waals surface area contributed by atoms with Gasteiger partial charge in [-0.25, -0.2) is 4.98 Å². The SMILES string of the molecule is Cc1c(C(=O)Nc2ccc(Br)cc2)sc2ncn(C)c(=O)c12. The number of rotatable bonds is 2. The molecule has 0 fully saturated rings. The maximum absolute atomic E-state index is 12.4. The van der Waals surface area contributed by atoms with Crippen molar-refractivity contribution in [3.05, 3.63) is 55.9 Å². The van der Waals surface area contributed by atoms with Gasteiger partial charge in [0.05, 0.1) is 16.6 Å². The van der Waals surface area contributed by atoms with Gasteiger partial charge in [0.1, 0.15) is 4.83 Å². The first-order chi connectivity index (χ1) is 10.5. The summed E-state index contributed by atoms with van der Waals surface area (Å²) in [5.41, 5.74) is 1.23. The standard InChI is InChI=1S/C15H12BrN3O2S/c1-8-11-14(17-7-19(2)15(11)21)22-12(8)13(20)18-10-5-3-9(16)4-6-10/h3-7H,1-2H3,(H,18,20). The van der Waals surface area contributed by atoms with Crippen LogP contribution in [0, 0.1) is 6.92 Å². The van der Waals surface area contributed by atoms with E-state index in [1.54, 1.807) is 14.0 Å². The molecule has 3 rings (SSSR count). The summed E-state index contributed by atoms with van der Waals surface area (Å²) in [6.45, 7) is 1.78. The Bertz CT molecular complexity index is 928. The van der Waals surface area contributed by atoms with Gasteiger partial charge in [-0.1, -0.05) is 15.9 Å². The van der Waals surface area contributed by atoms with Gasteiger partial charge in [0, 0.05) is 17.2 Å². The van der Waals surface area contributed by atoms with E-state index in [2.05, 4.69) is 26.2 Å². The zero-order valence-electron chi connectivity index (χ0n) is 11.9. The summed E-state index contributed by atoms with van der Waals surface area (Å²) >= 11 is 4.58. The summed E-state index contributed by atoms with van der Waals surface area (Å²) in [6, 6.07) is 7.32. The van der Waals surface area contributed by atoms with Crippen LogP contribution in [0.1, 0.15) is 15.2 Å². The highest BCUT2D eigenvalue weighted by Crippen LogP contribution is 2.27. The molecule has 1 aromatic carbocycles. The highest BCUT2D eigenvalue weighted by molar-refractivity contribution is 9.10. The number of thiophene rings is 1. The molecule has 112 valence electrons. The first kappa shape index (κ1) is 14.9. The first-order valence-corrected chi connectivity index (χ1v) is 8.10. The number of nitrogens with one attached hydrogen (secondary N) is 1. The average Bonchev–Trinajstić information content (AvgIpc) is 2.83. The van der Waals surface area contributed by atoms with Crippen molar-refractivity contribution in [3.8, 4) is 0 Å². The van der Waals surface area contributed by atoms with E-state index in [1.165, 1.54) is 22.2 Å². The van der Waals surface area contributed by atoms with Crippen LogP contribution in [0.3, 0.4) is 0 Å². The predicted octanol–water partition coefficient (Wildman–Crippen LogP) is 3.32. The van der Waals surface area contributed by atoms with E-state index in [0.29, 0.717) is 26.3 Å². The van der Waals surface area contributed by atoms with E-state index in [4.69, 9.17) is 0 Å². The highest BCUT2D eigenvalue weighted by atomic mass is 79.9. The molecule has 0 saturated heterocycles. The van der Waals surface area contributed by atoms with E-state index in [1.807, 2.05) is 24.3 Å². The Labute approximate surface area is 138 Å². The number of benzene rings is 1. The zero-order chi connectivity index (χ0) is 15.9. The van der Waals surface area contributed by atoms with Gasteiger partial charge in [-0.3, -0.25) is 9.59 Å². The second kappa shape index (κ2) is 5.66. The highest BCUT2D eigenvalue weighted by Gasteiger charge is 2.19. The minimum Gasteiger partial charge on any atom is -0.321 e. The van der Waals surface area contributed by atoms with Crippen LogP contribution in [0.4, 0.5) is 5.69 Å². The molecule has 0 saturated carbocycles. The first-order valence-electron chi connectivity index (χ1n) is 6.49. The van der Waals surface area contributed by atoms with Crippen molar-refractivity contribution in [2.24, 2.45) is 7.05 Å². The van der Waals surface area contributed by atoms with Gasteiger partial charge in [0.15, 0.2) is 0 Å². The molecular formula is C15H12BrN3O2S. The van der Waals surface area contributed by atoms with Crippen molar-refractivity contribution >= 4 is 49.1 Å². The van der Waals surface area contributed by atoms with Crippen molar-refractivity contribution in [1.29, 1.82) is 0 Å². The quantitative estimate of drug-likeness (QED) is 0.744. The molecule has 2 heterocycles. The molecule has 0 aliphatic carbocycles. The summed E-state index contributed by atoms with van der Waals surface area (Å²) in [5.74, 6) is -0.232. The lowest BCUT2D eigenvalue weighted by atomic mass is 10.2. The van der Waals surface area contributed by atoms with Gasteiger partial charge >= 0.3 is 0 Å². The predicted molar refractivity (Wildman–Crippen MR) is 91.7 cm³/mol. The molecule has 0 spiro atoms. The number of halogens is 1. The molecule has 0 atom stereocenters. The molecule has 1 amide bonds. The van der Waals surface area contributed by atoms with Crippen molar-refractivity contribution in [3.63, 3.8) is 0 Å². The Kier molecular flexibility index (Phi) is 3.84. The van der Waals surface area contributed by atoms with E-state index in [-0.39, 0.29) is 11.5 Å². The number of amides is 1. The fourth-order valence-corrected chi connectivity index (χ4v) is 3.45. The monoisotopic (exact) mass is 377 g/mol. The number of aromatic nitrogens is 2. The zero-order valence-corrected chi connectivity index (χ0v) is 14.3. The number of hydrogen-bond donors (Lipinski definition) is 1. The maximum Gasteiger partial charge on any atom is 0.266 e. The third-order valence-corrected chi connectivity index (χ3v) is 5.05. The lowest BCUT2D eigenvalue weighted by molar-refractivity contribution is 0.103. The Morgan fingerprint density at radius 3 is 2.68 bits per heavy atom. The fraction of sp³-hybridized carbons (Fsp3) is 0.133. The largest absolute Gasteiger partial charge is 0.321 e. The van der Waals surface area contributed by atoms with Gasteiger partial charge in [-0.2, -0.15) is 0 Å².